The zero-order valence-electron chi connectivity index (χ0n) is 10.8. The number of quaternary nitrogens is 1. The van der Waals surface area contributed by atoms with Gasteiger partial charge in [-0.05, 0) is 18.9 Å². The Morgan fingerprint density at radius 1 is 1.38 bits per heavy atom. The quantitative estimate of drug-likeness (QED) is 0.456. The molecule has 0 aliphatic heterocycles. The molecule has 0 aromatic heterocycles. The highest BCUT2D eigenvalue weighted by Gasteiger charge is 2.02. The van der Waals surface area contributed by atoms with Gasteiger partial charge in [-0.25, -0.2) is 0 Å². The lowest BCUT2D eigenvalue weighted by molar-refractivity contribution is -0.870. The van der Waals surface area contributed by atoms with E-state index < -0.39 is 5.97 Å². The van der Waals surface area contributed by atoms with E-state index >= 15 is 0 Å². The summed E-state index contributed by atoms with van der Waals surface area (Å²) < 4.78 is 0.844. The molecule has 0 unspecified atom stereocenters. The van der Waals surface area contributed by atoms with Gasteiger partial charge in [0.1, 0.15) is 6.54 Å². The van der Waals surface area contributed by atoms with Crippen molar-refractivity contribution in [2.45, 2.75) is 20.3 Å². The van der Waals surface area contributed by atoms with Gasteiger partial charge in [0.25, 0.3) is 0 Å². The Morgan fingerprint density at radius 2 is 1.81 bits per heavy atom. The maximum Gasteiger partial charge on any atom is 0.101 e. The largest absolute Gasteiger partial charge is 0.545 e. The monoisotopic (exact) mass is 345 g/mol. The minimum Gasteiger partial charge on any atom is -0.545 e. The fraction of sp³-hybridized carbons (Fsp3) is 0.727. The fourth-order valence-corrected chi connectivity index (χ4v) is 0.766. The summed E-state index contributed by atoms with van der Waals surface area (Å²) in [6.45, 7) is 4.59. The molecule has 0 amide bonds. The van der Waals surface area contributed by atoms with Crippen molar-refractivity contribution in [1.82, 2.24) is 0 Å². The number of aliphatic hydroxyl groups is 1. The van der Waals surface area contributed by atoms with Crippen LogP contribution in [0, 0.1) is 0 Å². The third-order valence-corrected chi connectivity index (χ3v) is 1.76. The number of carboxylic acids is 1. The van der Waals surface area contributed by atoms with Crippen molar-refractivity contribution in [3.05, 3.63) is 11.6 Å². The molecule has 0 aliphatic rings. The van der Waals surface area contributed by atoms with Gasteiger partial charge in [-0.1, -0.05) is 13.0 Å². The summed E-state index contributed by atoms with van der Waals surface area (Å²) in [4.78, 5) is 9.98. The van der Waals surface area contributed by atoms with Crippen LogP contribution in [-0.4, -0.2) is 49.9 Å². The third-order valence-electron chi connectivity index (χ3n) is 1.76. The van der Waals surface area contributed by atoms with Crippen molar-refractivity contribution >= 4 is 29.9 Å². The number of halogens is 1. The number of allylic oxidation sites excluding steroid dienone is 1. The van der Waals surface area contributed by atoms with E-state index in [9.17, 15) is 9.90 Å². The number of likely N-dealkylation sites (N-methyl/N-ethyl adjacent to an activating group) is 1. The minimum absolute atomic E-state index is 0. The van der Waals surface area contributed by atoms with E-state index in [1.807, 2.05) is 0 Å². The average Bonchev–Trinajstić information content (AvgIpc) is 2.04. The van der Waals surface area contributed by atoms with Gasteiger partial charge < -0.3 is 19.5 Å². The van der Waals surface area contributed by atoms with Crippen molar-refractivity contribution < 1.29 is 19.5 Å². The second-order valence-corrected chi connectivity index (χ2v) is 4.19. The summed E-state index contributed by atoms with van der Waals surface area (Å²) in [6, 6.07) is 0. The predicted molar refractivity (Wildman–Crippen MR) is 74.5 cm³/mol. The van der Waals surface area contributed by atoms with Crippen LogP contribution >= 0.6 is 24.0 Å². The predicted octanol–water partition coefficient (Wildman–Crippen LogP) is 0.395. The van der Waals surface area contributed by atoms with Crippen LogP contribution in [0.3, 0.4) is 0 Å². The summed E-state index contributed by atoms with van der Waals surface area (Å²) in [5.41, 5.74) is 0.366. The van der Waals surface area contributed by atoms with E-state index in [1.54, 1.807) is 19.9 Å². The van der Waals surface area contributed by atoms with Crippen molar-refractivity contribution in [3.63, 3.8) is 0 Å². The highest BCUT2D eigenvalue weighted by atomic mass is 127. The van der Waals surface area contributed by atoms with Gasteiger partial charge in [0.15, 0.2) is 0 Å². The number of aliphatic hydroxyl groups excluding tert-OH is 1. The lowest BCUT2D eigenvalue weighted by Gasteiger charge is -2.21. The van der Waals surface area contributed by atoms with Crippen molar-refractivity contribution in [1.29, 1.82) is 0 Å². The molecule has 0 saturated heterocycles. The first-order valence-electron chi connectivity index (χ1n) is 5.06. The van der Waals surface area contributed by atoms with Gasteiger partial charge in [0, 0.05) is 0 Å². The molecule has 0 fully saturated rings. The molecule has 0 aromatic carbocycles. The molecule has 0 spiro atoms. The molecule has 0 atom stereocenters. The molecule has 1 N–H and O–H groups in total. The number of carbonyl (C=O) groups is 1. The van der Waals surface area contributed by atoms with Gasteiger partial charge >= 0.3 is 0 Å². The molecule has 0 aromatic rings. The molecule has 0 heterocycles. The number of hydrogen-bond donors (Lipinski definition) is 1. The van der Waals surface area contributed by atoms with Crippen LogP contribution in [0.5, 0.6) is 0 Å². The Hall–Kier alpha value is -0.140. The standard InChI is InChI=1S/C6H10O2.C5H14NO.HI/c1-3-5(4-2)6(7)8;1-6(2,3)4-5-7;/h3H,4H2,1-2H3,(H,7,8);7H,4-5H2,1-3H3;1H/q;+1;/p-1/b5-3+;;. The summed E-state index contributed by atoms with van der Waals surface area (Å²) in [7, 11) is 6.16. The summed E-state index contributed by atoms with van der Waals surface area (Å²) in [5, 5.41) is 18.4. The maximum absolute atomic E-state index is 9.98. The molecule has 0 bridgehead atoms. The number of carbonyl (C=O) groups excluding carboxylic acids is 1. The van der Waals surface area contributed by atoms with Crippen LogP contribution in [0.15, 0.2) is 11.6 Å². The summed E-state index contributed by atoms with van der Waals surface area (Å²) >= 11 is 0. The van der Waals surface area contributed by atoms with Crippen LogP contribution < -0.4 is 5.11 Å². The zero-order chi connectivity index (χ0) is 12.5. The zero-order valence-corrected chi connectivity index (χ0v) is 13.1. The number of rotatable bonds is 4. The third kappa shape index (κ3) is 16.3. The van der Waals surface area contributed by atoms with Crippen LogP contribution in [0.4, 0.5) is 0 Å². The lowest BCUT2D eigenvalue weighted by Crippen LogP contribution is -2.36. The molecule has 0 radical (unpaired) electrons. The summed E-state index contributed by atoms with van der Waals surface area (Å²) in [5.74, 6) is -1.06. The van der Waals surface area contributed by atoms with Crippen LogP contribution in [0.25, 0.3) is 0 Å². The first-order chi connectivity index (χ1) is 6.78. The molecule has 4 nitrogen and oxygen atoms in total. The molecule has 98 valence electrons. The van der Waals surface area contributed by atoms with Crippen LogP contribution in [0.2, 0.25) is 0 Å². The van der Waals surface area contributed by atoms with E-state index in [0.29, 0.717) is 12.0 Å². The van der Waals surface area contributed by atoms with Gasteiger partial charge in [-0.15, -0.1) is 24.0 Å². The highest BCUT2D eigenvalue weighted by molar-refractivity contribution is 14.0. The molecule has 0 rings (SSSR count). The van der Waals surface area contributed by atoms with Crippen molar-refractivity contribution in [2.24, 2.45) is 0 Å². The first-order valence-corrected chi connectivity index (χ1v) is 5.06. The fourth-order valence-electron chi connectivity index (χ4n) is 0.766. The second-order valence-electron chi connectivity index (χ2n) is 4.19. The van der Waals surface area contributed by atoms with Gasteiger partial charge in [-0.3, -0.25) is 0 Å². The second kappa shape index (κ2) is 11.3. The minimum atomic E-state index is -1.06. The topological polar surface area (TPSA) is 60.4 Å². The summed E-state index contributed by atoms with van der Waals surface area (Å²) in [6.07, 6.45) is 2.09. The first kappa shape index (κ1) is 21.2. The Bertz CT molecular complexity index is 210. The van der Waals surface area contributed by atoms with E-state index in [4.69, 9.17) is 5.11 Å². The molecule has 16 heavy (non-hydrogen) atoms. The Balaban J connectivity index is -0.000000200. The maximum atomic E-state index is 9.98. The molecule has 0 aliphatic carbocycles. The highest BCUT2D eigenvalue weighted by Crippen LogP contribution is 1.95. The van der Waals surface area contributed by atoms with Crippen molar-refractivity contribution in [3.8, 4) is 0 Å². The number of carboxylic acid groups (broad SMARTS) is 1. The average molecular weight is 345 g/mol. The number of nitrogens with zero attached hydrogens (tertiary/aromatic N) is 1. The lowest BCUT2D eigenvalue weighted by atomic mass is 10.2. The molecule has 5 heteroatoms. The smallest absolute Gasteiger partial charge is 0.101 e. The van der Waals surface area contributed by atoms with Gasteiger partial charge in [-0.2, -0.15) is 0 Å². The van der Waals surface area contributed by atoms with Gasteiger partial charge in [0.2, 0.25) is 0 Å². The van der Waals surface area contributed by atoms with E-state index in [2.05, 4.69) is 21.1 Å². The normalized spacial score (nSPS) is 11.0. The van der Waals surface area contributed by atoms with E-state index in [1.165, 1.54) is 0 Å². The van der Waals surface area contributed by atoms with Gasteiger partial charge in [0.05, 0.1) is 33.7 Å². The Kier molecular flexibility index (Phi) is 15.0. The van der Waals surface area contributed by atoms with Crippen LogP contribution in [0.1, 0.15) is 20.3 Å². The van der Waals surface area contributed by atoms with Crippen LogP contribution in [-0.2, 0) is 4.79 Å². The SMILES string of the molecule is C/C=C(\CC)C(=O)[O-].C[N+](C)(C)CCO.I. The molecule has 0 saturated carbocycles. The Labute approximate surface area is 116 Å². The van der Waals surface area contributed by atoms with E-state index in [-0.39, 0.29) is 30.6 Å². The molecular formula is C11H24INO3. The van der Waals surface area contributed by atoms with Crippen molar-refractivity contribution in [2.75, 3.05) is 34.3 Å². The number of hydrogen-bond acceptors (Lipinski definition) is 3. The number of aliphatic carboxylic acids is 1. The van der Waals surface area contributed by atoms with E-state index in [0.717, 1.165) is 11.0 Å². The molecular weight excluding hydrogens is 321 g/mol. The Morgan fingerprint density at radius 3 is 1.81 bits per heavy atom.